The fourth-order valence-electron chi connectivity index (χ4n) is 3.64. The Labute approximate surface area is 157 Å². The zero-order valence-corrected chi connectivity index (χ0v) is 17.6. The summed E-state index contributed by atoms with van der Waals surface area (Å²) in [5, 5.41) is 0. The second-order valence-electron chi connectivity index (χ2n) is 7.30. The predicted molar refractivity (Wildman–Crippen MR) is 107 cm³/mol. The van der Waals surface area contributed by atoms with Crippen LogP contribution >= 0.6 is 0 Å². The van der Waals surface area contributed by atoms with Gasteiger partial charge < -0.3 is 19.9 Å². The molecule has 2 unspecified atom stereocenters. The molecule has 0 heterocycles. The normalized spacial score (nSPS) is 14.6. The summed E-state index contributed by atoms with van der Waals surface area (Å²) in [4.78, 5) is 0. The van der Waals surface area contributed by atoms with Crippen molar-refractivity contribution in [3.63, 3.8) is 0 Å². The maximum absolute atomic E-state index is 6.32. The lowest BCUT2D eigenvalue weighted by molar-refractivity contribution is -0.380. The Hall–Kier alpha value is -0.160. The minimum atomic E-state index is -0.938. The predicted octanol–water partition coefficient (Wildman–Crippen LogP) is 5.63. The highest BCUT2D eigenvalue weighted by atomic mass is 16.9. The van der Waals surface area contributed by atoms with Crippen LogP contribution in [0.1, 0.15) is 97.3 Å². The van der Waals surface area contributed by atoms with Crippen molar-refractivity contribution in [1.29, 1.82) is 0 Å². The number of hydrogen-bond acceptors (Lipinski definition) is 4. The Bertz CT molecular complexity index is 274. The van der Waals surface area contributed by atoms with Gasteiger partial charge in [-0.1, -0.05) is 71.6 Å². The maximum atomic E-state index is 6.32. The first kappa shape index (κ1) is 24.8. The highest BCUT2D eigenvalue weighted by Crippen LogP contribution is 2.33. The van der Waals surface area contributed by atoms with Gasteiger partial charge in [-0.3, -0.25) is 0 Å². The molecular formula is C21H45NO3. The molecule has 0 bridgehead atoms. The minimum absolute atomic E-state index is 0.218. The molecule has 0 aromatic rings. The standard InChI is InChI=1S/C21H45NO3/c1-6-8-10-11-12-14-15-19(21(23-3,24-4)25-5)17-18-20(22)16-13-9-7-2/h19-20H,6-18,22H2,1-5H3. The second-order valence-corrected chi connectivity index (χ2v) is 7.30. The van der Waals surface area contributed by atoms with Crippen molar-refractivity contribution in [1.82, 2.24) is 0 Å². The van der Waals surface area contributed by atoms with Crippen molar-refractivity contribution in [2.45, 2.75) is 109 Å². The Kier molecular flexibility index (Phi) is 15.9. The van der Waals surface area contributed by atoms with E-state index in [2.05, 4.69) is 13.8 Å². The van der Waals surface area contributed by atoms with Crippen LogP contribution in [-0.2, 0) is 14.2 Å². The Morgan fingerprint density at radius 2 is 1.12 bits per heavy atom. The van der Waals surface area contributed by atoms with E-state index in [-0.39, 0.29) is 12.0 Å². The fraction of sp³-hybridized carbons (Fsp3) is 1.00. The van der Waals surface area contributed by atoms with E-state index in [1.54, 1.807) is 21.3 Å². The third-order valence-electron chi connectivity index (χ3n) is 5.32. The molecule has 4 nitrogen and oxygen atoms in total. The monoisotopic (exact) mass is 359 g/mol. The highest BCUT2D eigenvalue weighted by Gasteiger charge is 2.39. The van der Waals surface area contributed by atoms with Crippen molar-refractivity contribution < 1.29 is 14.2 Å². The van der Waals surface area contributed by atoms with Gasteiger partial charge in [0, 0.05) is 33.3 Å². The first-order valence-electron chi connectivity index (χ1n) is 10.5. The lowest BCUT2D eigenvalue weighted by Crippen LogP contribution is -2.44. The van der Waals surface area contributed by atoms with E-state index >= 15 is 0 Å². The molecule has 0 aromatic heterocycles. The van der Waals surface area contributed by atoms with Gasteiger partial charge in [0.1, 0.15) is 0 Å². The molecule has 0 rings (SSSR count). The molecule has 0 aromatic carbocycles. The number of unbranched alkanes of at least 4 members (excludes halogenated alkanes) is 7. The summed E-state index contributed by atoms with van der Waals surface area (Å²) in [6.07, 6.45) is 15.6. The first-order valence-corrected chi connectivity index (χ1v) is 10.5. The molecule has 0 spiro atoms. The molecular weight excluding hydrogens is 314 g/mol. The lowest BCUT2D eigenvalue weighted by Gasteiger charge is -2.37. The molecule has 0 saturated heterocycles. The molecule has 2 atom stereocenters. The van der Waals surface area contributed by atoms with Crippen LogP contribution in [0.15, 0.2) is 0 Å². The van der Waals surface area contributed by atoms with Crippen LogP contribution in [0.2, 0.25) is 0 Å². The molecule has 0 aliphatic rings. The number of ether oxygens (including phenoxy) is 3. The van der Waals surface area contributed by atoms with Crippen LogP contribution in [-0.4, -0.2) is 33.3 Å². The van der Waals surface area contributed by atoms with Gasteiger partial charge in [-0.15, -0.1) is 0 Å². The van der Waals surface area contributed by atoms with Crippen molar-refractivity contribution >= 4 is 0 Å². The van der Waals surface area contributed by atoms with E-state index < -0.39 is 5.97 Å². The third-order valence-corrected chi connectivity index (χ3v) is 5.32. The van der Waals surface area contributed by atoms with Gasteiger partial charge in [0.25, 0.3) is 5.97 Å². The lowest BCUT2D eigenvalue weighted by atomic mass is 9.90. The summed E-state index contributed by atoms with van der Waals surface area (Å²) in [5.74, 6) is -0.720. The quantitative estimate of drug-likeness (QED) is 0.254. The van der Waals surface area contributed by atoms with E-state index in [1.807, 2.05) is 0 Å². The van der Waals surface area contributed by atoms with Crippen molar-refractivity contribution in [3.8, 4) is 0 Å². The molecule has 0 amide bonds. The Morgan fingerprint density at radius 3 is 1.68 bits per heavy atom. The van der Waals surface area contributed by atoms with Crippen LogP contribution < -0.4 is 5.73 Å². The van der Waals surface area contributed by atoms with Gasteiger partial charge in [0.15, 0.2) is 0 Å². The average Bonchev–Trinajstić information content (AvgIpc) is 2.63. The summed E-state index contributed by atoms with van der Waals surface area (Å²) < 4.78 is 16.9. The minimum Gasteiger partial charge on any atom is -0.331 e. The molecule has 0 saturated carbocycles. The number of rotatable bonds is 18. The van der Waals surface area contributed by atoms with Crippen LogP contribution in [0.25, 0.3) is 0 Å². The molecule has 4 heteroatoms. The fourth-order valence-corrected chi connectivity index (χ4v) is 3.64. The van der Waals surface area contributed by atoms with E-state index in [1.165, 1.54) is 57.8 Å². The Morgan fingerprint density at radius 1 is 0.640 bits per heavy atom. The first-order chi connectivity index (χ1) is 12.1. The third kappa shape index (κ3) is 10.5. The topological polar surface area (TPSA) is 53.7 Å². The van der Waals surface area contributed by atoms with E-state index in [9.17, 15) is 0 Å². The zero-order valence-electron chi connectivity index (χ0n) is 17.6. The van der Waals surface area contributed by atoms with Crippen molar-refractivity contribution in [2.75, 3.05) is 21.3 Å². The molecule has 0 aliphatic carbocycles. The van der Waals surface area contributed by atoms with Gasteiger partial charge in [0.05, 0.1) is 0 Å². The molecule has 0 aliphatic heterocycles. The smallest absolute Gasteiger partial charge is 0.285 e. The van der Waals surface area contributed by atoms with Crippen LogP contribution in [0, 0.1) is 5.92 Å². The second kappa shape index (κ2) is 16.0. The molecule has 2 N–H and O–H groups in total. The van der Waals surface area contributed by atoms with Gasteiger partial charge >= 0.3 is 0 Å². The van der Waals surface area contributed by atoms with Gasteiger partial charge in [-0.2, -0.15) is 0 Å². The number of methoxy groups -OCH3 is 3. The van der Waals surface area contributed by atoms with Crippen LogP contribution in [0.5, 0.6) is 0 Å². The van der Waals surface area contributed by atoms with Gasteiger partial charge in [-0.05, 0) is 25.7 Å². The van der Waals surface area contributed by atoms with E-state index in [0.717, 1.165) is 25.7 Å². The van der Waals surface area contributed by atoms with Crippen LogP contribution in [0.3, 0.4) is 0 Å². The highest BCUT2D eigenvalue weighted by molar-refractivity contribution is 4.74. The van der Waals surface area contributed by atoms with Crippen molar-refractivity contribution in [2.24, 2.45) is 11.7 Å². The zero-order chi connectivity index (χ0) is 19.0. The molecule has 0 radical (unpaired) electrons. The van der Waals surface area contributed by atoms with Gasteiger partial charge in [0.2, 0.25) is 0 Å². The maximum Gasteiger partial charge on any atom is 0.285 e. The molecule has 25 heavy (non-hydrogen) atoms. The van der Waals surface area contributed by atoms with Crippen molar-refractivity contribution in [3.05, 3.63) is 0 Å². The largest absolute Gasteiger partial charge is 0.331 e. The average molecular weight is 360 g/mol. The van der Waals surface area contributed by atoms with Gasteiger partial charge in [-0.25, -0.2) is 0 Å². The number of hydrogen-bond donors (Lipinski definition) is 1. The summed E-state index contributed by atoms with van der Waals surface area (Å²) in [7, 11) is 5.01. The molecule has 152 valence electrons. The Balaban J connectivity index is 4.47. The van der Waals surface area contributed by atoms with Crippen LogP contribution in [0.4, 0.5) is 0 Å². The summed E-state index contributed by atoms with van der Waals surface area (Å²) >= 11 is 0. The van der Waals surface area contributed by atoms with E-state index in [4.69, 9.17) is 19.9 Å². The summed E-state index contributed by atoms with van der Waals surface area (Å²) in [5.41, 5.74) is 6.32. The summed E-state index contributed by atoms with van der Waals surface area (Å²) in [6, 6.07) is 0.266. The summed E-state index contributed by atoms with van der Waals surface area (Å²) in [6.45, 7) is 4.48. The van der Waals surface area contributed by atoms with E-state index in [0.29, 0.717) is 0 Å². The SMILES string of the molecule is CCCCCCCCC(CCC(N)CCCCC)C(OC)(OC)OC. The molecule has 0 fully saturated rings. The number of nitrogens with two attached hydrogens (primary N) is 1.